The average molecular weight is 457 g/mol. The first kappa shape index (κ1) is 22.3. The van der Waals surface area contributed by atoms with E-state index >= 15 is 0 Å². The van der Waals surface area contributed by atoms with Gasteiger partial charge in [-0.1, -0.05) is 0 Å². The zero-order valence-electron chi connectivity index (χ0n) is 15.9. The Morgan fingerprint density at radius 1 is 1.00 bits per heavy atom. The van der Waals surface area contributed by atoms with Gasteiger partial charge in [-0.15, -0.1) is 0 Å². The van der Waals surface area contributed by atoms with Crippen molar-refractivity contribution in [2.45, 2.75) is 16.2 Å². The topological polar surface area (TPSA) is 117 Å². The number of halogens is 1. The molecule has 0 unspecified atom stereocenters. The van der Waals surface area contributed by atoms with Crippen LogP contribution in [0.3, 0.4) is 0 Å². The van der Waals surface area contributed by atoms with Crippen molar-refractivity contribution < 1.29 is 26.0 Å². The second kappa shape index (κ2) is 9.16. The number of carbonyl (C=O) groups is 1. The minimum absolute atomic E-state index is 0.0736. The molecule has 1 saturated heterocycles. The fourth-order valence-electron chi connectivity index (χ4n) is 2.97. The van der Waals surface area contributed by atoms with Crippen molar-refractivity contribution >= 4 is 26.0 Å². The number of sulfonamides is 2. The minimum atomic E-state index is -3.84. The number of nitrogens with zero attached hydrogens (tertiary/aromatic N) is 3. The molecule has 0 radical (unpaired) electrons. The van der Waals surface area contributed by atoms with E-state index in [1.54, 1.807) is 6.07 Å². The number of pyridine rings is 1. The summed E-state index contributed by atoms with van der Waals surface area (Å²) in [6, 6.07) is 7.37. The summed E-state index contributed by atoms with van der Waals surface area (Å²) in [6.45, 7) is 0.591. The number of nitrogens with one attached hydrogen (secondary N) is 1. The van der Waals surface area contributed by atoms with E-state index in [1.807, 2.05) is 0 Å². The van der Waals surface area contributed by atoms with Crippen LogP contribution in [0.2, 0.25) is 0 Å². The lowest BCUT2D eigenvalue weighted by atomic mass is 10.3. The van der Waals surface area contributed by atoms with E-state index in [0.717, 1.165) is 24.3 Å². The monoisotopic (exact) mass is 456 g/mol. The van der Waals surface area contributed by atoms with E-state index in [2.05, 4.69) is 9.71 Å². The van der Waals surface area contributed by atoms with Gasteiger partial charge in [-0.25, -0.2) is 25.9 Å². The highest BCUT2D eigenvalue weighted by Gasteiger charge is 2.30. The highest BCUT2D eigenvalue weighted by atomic mass is 32.2. The SMILES string of the molecule is O=C(CCNS(=O)(=O)c1ccc(F)cc1)N1CCN(S(=O)(=O)c2cccnc2)CC1. The lowest BCUT2D eigenvalue weighted by Crippen LogP contribution is -2.50. The molecule has 9 nitrogen and oxygen atoms in total. The van der Waals surface area contributed by atoms with Crippen LogP contribution in [0.5, 0.6) is 0 Å². The van der Waals surface area contributed by atoms with E-state index in [-0.39, 0.29) is 54.8 Å². The van der Waals surface area contributed by atoms with Gasteiger partial charge in [0, 0.05) is 51.5 Å². The van der Waals surface area contributed by atoms with Crippen molar-refractivity contribution in [2.75, 3.05) is 32.7 Å². The number of benzene rings is 1. The van der Waals surface area contributed by atoms with Gasteiger partial charge in [0.05, 0.1) is 4.90 Å². The van der Waals surface area contributed by atoms with Crippen LogP contribution < -0.4 is 4.72 Å². The minimum Gasteiger partial charge on any atom is -0.340 e. The van der Waals surface area contributed by atoms with Crippen LogP contribution in [0.1, 0.15) is 6.42 Å². The van der Waals surface area contributed by atoms with Crippen molar-refractivity contribution in [3.05, 3.63) is 54.6 Å². The maximum atomic E-state index is 12.9. The van der Waals surface area contributed by atoms with Gasteiger partial charge in [-0.2, -0.15) is 4.31 Å². The number of rotatable bonds is 7. The van der Waals surface area contributed by atoms with Crippen LogP contribution in [0.4, 0.5) is 4.39 Å². The molecular weight excluding hydrogens is 435 g/mol. The molecule has 1 aliphatic heterocycles. The molecule has 0 atom stereocenters. The first-order chi connectivity index (χ1) is 14.2. The number of aromatic nitrogens is 1. The molecule has 1 N–H and O–H groups in total. The summed E-state index contributed by atoms with van der Waals surface area (Å²) < 4.78 is 66.0. The number of hydrogen-bond acceptors (Lipinski definition) is 6. The summed E-state index contributed by atoms with van der Waals surface area (Å²) >= 11 is 0. The second-order valence-electron chi connectivity index (χ2n) is 6.58. The highest BCUT2D eigenvalue weighted by Crippen LogP contribution is 2.17. The van der Waals surface area contributed by atoms with Crippen LogP contribution in [-0.4, -0.2) is 69.7 Å². The molecule has 0 spiro atoms. The molecule has 0 saturated carbocycles. The largest absolute Gasteiger partial charge is 0.340 e. The molecule has 1 aromatic carbocycles. The Bertz CT molecular complexity index is 1090. The van der Waals surface area contributed by atoms with Gasteiger partial charge in [0.15, 0.2) is 0 Å². The standard InChI is InChI=1S/C18H21FN4O5S2/c19-15-3-5-16(6-4-15)29(25,26)21-9-7-18(24)22-10-12-23(13-11-22)30(27,28)17-2-1-8-20-14-17/h1-6,8,14,21H,7,9-13H2. The molecule has 1 aliphatic rings. The fourth-order valence-corrected chi connectivity index (χ4v) is 5.39. The van der Waals surface area contributed by atoms with E-state index in [1.165, 1.54) is 27.7 Å². The molecule has 0 bridgehead atoms. The second-order valence-corrected chi connectivity index (χ2v) is 10.3. The number of piperazine rings is 1. The highest BCUT2D eigenvalue weighted by molar-refractivity contribution is 7.89. The van der Waals surface area contributed by atoms with Gasteiger partial charge in [-0.05, 0) is 36.4 Å². The maximum Gasteiger partial charge on any atom is 0.244 e. The first-order valence-electron chi connectivity index (χ1n) is 9.13. The Labute approximate surface area is 174 Å². The van der Waals surface area contributed by atoms with E-state index < -0.39 is 25.9 Å². The molecular formula is C18H21FN4O5S2. The van der Waals surface area contributed by atoms with E-state index in [9.17, 15) is 26.0 Å². The van der Waals surface area contributed by atoms with Crippen LogP contribution >= 0.6 is 0 Å². The molecule has 3 rings (SSSR count). The summed E-state index contributed by atoms with van der Waals surface area (Å²) in [7, 11) is -7.51. The smallest absolute Gasteiger partial charge is 0.244 e. The fraction of sp³-hybridized carbons (Fsp3) is 0.333. The molecule has 2 heterocycles. The normalized spacial score (nSPS) is 15.8. The van der Waals surface area contributed by atoms with Gasteiger partial charge >= 0.3 is 0 Å². The predicted molar refractivity (Wildman–Crippen MR) is 106 cm³/mol. The summed E-state index contributed by atoms with van der Waals surface area (Å²) in [4.78, 5) is 17.7. The van der Waals surface area contributed by atoms with Gasteiger partial charge < -0.3 is 4.90 Å². The van der Waals surface area contributed by atoms with Crippen LogP contribution in [0.25, 0.3) is 0 Å². The Hall–Kier alpha value is -2.41. The Morgan fingerprint density at radius 3 is 2.27 bits per heavy atom. The zero-order valence-corrected chi connectivity index (χ0v) is 17.6. The first-order valence-corrected chi connectivity index (χ1v) is 12.1. The van der Waals surface area contributed by atoms with Crippen molar-refractivity contribution in [1.82, 2.24) is 18.9 Å². The number of amides is 1. The van der Waals surface area contributed by atoms with Gasteiger partial charge in [-0.3, -0.25) is 9.78 Å². The maximum absolute atomic E-state index is 12.9. The molecule has 1 fully saturated rings. The Morgan fingerprint density at radius 2 is 1.67 bits per heavy atom. The van der Waals surface area contributed by atoms with Crippen molar-refractivity contribution in [2.24, 2.45) is 0 Å². The molecule has 12 heteroatoms. The quantitative estimate of drug-likeness (QED) is 0.646. The molecule has 1 aromatic heterocycles. The van der Waals surface area contributed by atoms with Crippen molar-refractivity contribution in [3.63, 3.8) is 0 Å². The molecule has 0 aliphatic carbocycles. The van der Waals surface area contributed by atoms with Gasteiger partial charge in [0.1, 0.15) is 10.7 Å². The molecule has 1 amide bonds. The Balaban J connectivity index is 1.49. The average Bonchev–Trinajstić information content (AvgIpc) is 2.74. The van der Waals surface area contributed by atoms with Crippen molar-refractivity contribution in [3.8, 4) is 0 Å². The van der Waals surface area contributed by atoms with Crippen LogP contribution in [0, 0.1) is 5.82 Å². The number of carbonyl (C=O) groups excluding carboxylic acids is 1. The third-order valence-corrected chi connectivity index (χ3v) is 7.98. The summed E-state index contributed by atoms with van der Waals surface area (Å²) in [5, 5.41) is 0. The van der Waals surface area contributed by atoms with E-state index in [4.69, 9.17) is 0 Å². The molecule has 162 valence electrons. The lowest BCUT2D eigenvalue weighted by molar-refractivity contribution is -0.132. The van der Waals surface area contributed by atoms with E-state index in [0.29, 0.717) is 0 Å². The van der Waals surface area contributed by atoms with Crippen LogP contribution in [0.15, 0.2) is 58.6 Å². The molecule has 30 heavy (non-hydrogen) atoms. The molecule has 2 aromatic rings. The third-order valence-electron chi connectivity index (χ3n) is 4.62. The van der Waals surface area contributed by atoms with Gasteiger partial charge in [0.2, 0.25) is 26.0 Å². The van der Waals surface area contributed by atoms with Gasteiger partial charge in [0.25, 0.3) is 0 Å². The van der Waals surface area contributed by atoms with Crippen LogP contribution in [-0.2, 0) is 24.8 Å². The van der Waals surface area contributed by atoms with Crippen molar-refractivity contribution in [1.29, 1.82) is 0 Å². The summed E-state index contributed by atoms with van der Waals surface area (Å²) in [5.41, 5.74) is 0. The predicted octanol–water partition coefficient (Wildman–Crippen LogP) is 0.422. The third kappa shape index (κ3) is 5.19. The number of hydrogen-bond donors (Lipinski definition) is 1. The zero-order chi connectivity index (χ0) is 21.8. The summed E-state index contributed by atoms with van der Waals surface area (Å²) in [6.07, 6.45) is 2.69. The summed E-state index contributed by atoms with van der Waals surface area (Å²) in [5.74, 6) is -0.830. The lowest BCUT2D eigenvalue weighted by Gasteiger charge is -2.34. The Kier molecular flexibility index (Phi) is 6.81.